The van der Waals surface area contributed by atoms with E-state index in [1.54, 1.807) is 21.1 Å². The lowest BCUT2D eigenvalue weighted by Crippen LogP contribution is -2.37. The minimum Gasteiger partial charge on any atom is -0.361 e. The first-order chi connectivity index (χ1) is 8.41. The molecule has 0 aromatic carbocycles. The lowest BCUT2D eigenvalue weighted by atomic mass is 10.5. The predicted octanol–water partition coefficient (Wildman–Crippen LogP) is 0.0114. The van der Waals surface area contributed by atoms with Crippen LogP contribution in [0.1, 0.15) is 0 Å². The predicted molar refractivity (Wildman–Crippen MR) is 65.4 cm³/mol. The Morgan fingerprint density at radius 1 is 1.56 bits per heavy atom. The van der Waals surface area contributed by atoms with Crippen LogP contribution in [0, 0.1) is 10.1 Å². The number of amides is 2. The molecule has 0 bridgehead atoms. The maximum atomic E-state index is 11.2. The van der Waals surface area contributed by atoms with Crippen molar-refractivity contribution < 1.29 is 9.72 Å². The van der Waals surface area contributed by atoms with Gasteiger partial charge >= 0.3 is 11.7 Å². The summed E-state index contributed by atoms with van der Waals surface area (Å²) >= 11 is 0. The van der Waals surface area contributed by atoms with Crippen molar-refractivity contribution in [2.45, 2.75) is 0 Å². The van der Waals surface area contributed by atoms with Crippen LogP contribution in [0.3, 0.4) is 0 Å². The van der Waals surface area contributed by atoms with Crippen LogP contribution in [0.2, 0.25) is 0 Å². The van der Waals surface area contributed by atoms with Gasteiger partial charge in [-0.15, -0.1) is 5.10 Å². The quantitative estimate of drug-likeness (QED) is 0.438. The van der Waals surface area contributed by atoms with E-state index in [2.05, 4.69) is 15.7 Å². The molecule has 18 heavy (non-hydrogen) atoms. The van der Waals surface area contributed by atoms with Gasteiger partial charge in [-0.1, -0.05) is 0 Å². The van der Waals surface area contributed by atoms with Crippen molar-refractivity contribution in [1.82, 2.24) is 20.0 Å². The standard InChI is InChI=1S/C9H16N6O3/c1-13(2)9(16)11-5-4-10-8-7(15(17)18)6-14(3)12-8/h6H,4-5H2,1-3H3,(H,10,12)(H,11,16). The third-order valence-corrected chi connectivity index (χ3v) is 2.11. The van der Waals surface area contributed by atoms with Gasteiger partial charge in [0.15, 0.2) is 0 Å². The number of aromatic nitrogens is 2. The highest BCUT2D eigenvalue weighted by Crippen LogP contribution is 2.20. The largest absolute Gasteiger partial charge is 0.361 e. The van der Waals surface area contributed by atoms with Crippen molar-refractivity contribution in [1.29, 1.82) is 0 Å². The van der Waals surface area contributed by atoms with Gasteiger partial charge in [-0.3, -0.25) is 14.8 Å². The van der Waals surface area contributed by atoms with Gasteiger partial charge in [-0.2, -0.15) is 0 Å². The van der Waals surface area contributed by atoms with Crippen LogP contribution in [0.15, 0.2) is 6.20 Å². The molecule has 0 saturated carbocycles. The van der Waals surface area contributed by atoms with Crippen LogP contribution in [0.25, 0.3) is 0 Å². The zero-order chi connectivity index (χ0) is 13.7. The third-order valence-electron chi connectivity index (χ3n) is 2.11. The fourth-order valence-corrected chi connectivity index (χ4v) is 1.24. The monoisotopic (exact) mass is 256 g/mol. The maximum Gasteiger partial charge on any atom is 0.330 e. The molecule has 0 aliphatic heterocycles. The van der Waals surface area contributed by atoms with Crippen molar-refractivity contribution in [3.05, 3.63) is 16.3 Å². The van der Waals surface area contributed by atoms with Crippen molar-refractivity contribution in [3.63, 3.8) is 0 Å². The smallest absolute Gasteiger partial charge is 0.330 e. The second-order valence-electron chi connectivity index (χ2n) is 3.85. The Bertz CT molecular complexity index is 442. The lowest BCUT2D eigenvalue weighted by Gasteiger charge is -2.11. The Morgan fingerprint density at radius 3 is 2.78 bits per heavy atom. The van der Waals surface area contributed by atoms with Crippen LogP contribution in [-0.4, -0.2) is 52.8 Å². The average molecular weight is 256 g/mol. The Hall–Kier alpha value is -2.32. The number of anilines is 1. The Labute approximate surface area is 104 Å². The van der Waals surface area contributed by atoms with E-state index < -0.39 is 4.92 Å². The van der Waals surface area contributed by atoms with Gasteiger partial charge < -0.3 is 15.5 Å². The number of urea groups is 1. The number of carbonyl (C=O) groups excluding carboxylic acids is 1. The van der Waals surface area contributed by atoms with Crippen molar-refractivity contribution in [2.24, 2.45) is 7.05 Å². The minimum atomic E-state index is -0.506. The molecule has 0 aliphatic carbocycles. The SMILES string of the molecule is CN(C)C(=O)NCCNc1nn(C)cc1[N+](=O)[O-]. The van der Waals surface area contributed by atoms with Gasteiger partial charge in [0.2, 0.25) is 5.82 Å². The van der Waals surface area contributed by atoms with Crippen LogP contribution >= 0.6 is 0 Å². The fourth-order valence-electron chi connectivity index (χ4n) is 1.24. The van der Waals surface area contributed by atoms with Gasteiger partial charge in [0.25, 0.3) is 0 Å². The van der Waals surface area contributed by atoms with E-state index in [1.807, 2.05) is 0 Å². The molecule has 1 aromatic rings. The zero-order valence-electron chi connectivity index (χ0n) is 10.5. The maximum absolute atomic E-state index is 11.2. The van der Waals surface area contributed by atoms with E-state index in [0.717, 1.165) is 0 Å². The summed E-state index contributed by atoms with van der Waals surface area (Å²) in [4.78, 5) is 22.8. The summed E-state index contributed by atoms with van der Waals surface area (Å²) < 4.78 is 1.36. The lowest BCUT2D eigenvalue weighted by molar-refractivity contribution is -0.384. The van der Waals surface area contributed by atoms with Gasteiger partial charge in [0, 0.05) is 34.2 Å². The molecule has 2 N–H and O–H groups in total. The van der Waals surface area contributed by atoms with Gasteiger partial charge in [-0.25, -0.2) is 4.79 Å². The molecule has 0 atom stereocenters. The van der Waals surface area contributed by atoms with Crippen molar-refractivity contribution in [3.8, 4) is 0 Å². The Morgan fingerprint density at radius 2 is 2.22 bits per heavy atom. The Balaban J connectivity index is 2.44. The molecular formula is C9H16N6O3. The van der Waals surface area contributed by atoms with E-state index >= 15 is 0 Å². The van der Waals surface area contributed by atoms with Crippen molar-refractivity contribution in [2.75, 3.05) is 32.5 Å². The van der Waals surface area contributed by atoms with Crippen LogP contribution in [0.5, 0.6) is 0 Å². The molecule has 0 radical (unpaired) electrons. The molecule has 0 spiro atoms. The van der Waals surface area contributed by atoms with E-state index in [0.29, 0.717) is 13.1 Å². The first-order valence-electron chi connectivity index (χ1n) is 5.29. The summed E-state index contributed by atoms with van der Waals surface area (Å²) in [5, 5.41) is 20.1. The summed E-state index contributed by atoms with van der Waals surface area (Å²) in [6, 6.07) is -0.215. The highest BCUT2D eigenvalue weighted by atomic mass is 16.6. The van der Waals surface area contributed by atoms with Crippen LogP contribution in [0.4, 0.5) is 16.3 Å². The number of nitrogens with one attached hydrogen (secondary N) is 2. The number of carbonyl (C=O) groups is 1. The second-order valence-corrected chi connectivity index (χ2v) is 3.85. The summed E-state index contributed by atoms with van der Waals surface area (Å²) in [5.41, 5.74) is -0.0866. The molecule has 0 fully saturated rings. The highest BCUT2D eigenvalue weighted by Gasteiger charge is 2.17. The normalized spacial score (nSPS) is 9.94. The van der Waals surface area contributed by atoms with E-state index in [1.165, 1.54) is 15.8 Å². The number of nitrogens with zero attached hydrogens (tertiary/aromatic N) is 4. The molecule has 9 nitrogen and oxygen atoms in total. The van der Waals surface area contributed by atoms with Crippen molar-refractivity contribution >= 4 is 17.5 Å². The van der Waals surface area contributed by atoms with E-state index in [4.69, 9.17) is 0 Å². The molecule has 0 saturated heterocycles. The van der Waals surface area contributed by atoms with Crippen LogP contribution in [-0.2, 0) is 7.05 Å². The minimum absolute atomic E-state index is 0.0866. The molecular weight excluding hydrogens is 240 g/mol. The number of aryl methyl sites for hydroxylation is 1. The molecule has 0 unspecified atom stereocenters. The van der Waals surface area contributed by atoms with Gasteiger partial charge in [-0.05, 0) is 0 Å². The zero-order valence-corrected chi connectivity index (χ0v) is 10.5. The molecule has 1 heterocycles. The fraction of sp³-hybridized carbons (Fsp3) is 0.556. The topological polar surface area (TPSA) is 105 Å². The van der Waals surface area contributed by atoms with E-state index in [9.17, 15) is 14.9 Å². The first kappa shape index (κ1) is 13.7. The second kappa shape index (κ2) is 5.84. The molecule has 2 amide bonds. The Kier molecular flexibility index (Phi) is 4.46. The summed E-state index contributed by atoms with van der Waals surface area (Å²) in [7, 11) is 4.87. The molecule has 1 rings (SSSR count). The molecule has 0 aliphatic rings. The summed E-state index contributed by atoms with van der Waals surface area (Å²) in [6.45, 7) is 0.710. The number of hydrogen-bond donors (Lipinski definition) is 2. The number of nitro groups is 1. The van der Waals surface area contributed by atoms with Gasteiger partial charge in [0.05, 0.1) is 4.92 Å². The molecule has 1 aromatic heterocycles. The molecule has 9 heteroatoms. The number of rotatable bonds is 5. The highest BCUT2D eigenvalue weighted by molar-refractivity contribution is 5.73. The number of hydrogen-bond acceptors (Lipinski definition) is 5. The van der Waals surface area contributed by atoms with Gasteiger partial charge in [0.1, 0.15) is 6.20 Å². The third kappa shape index (κ3) is 3.61. The summed E-state index contributed by atoms with van der Waals surface area (Å²) in [5.74, 6) is 0.196. The summed E-state index contributed by atoms with van der Waals surface area (Å²) in [6.07, 6.45) is 1.32. The first-order valence-corrected chi connectivity index (χ1v) is 5.29. The van der Waals surface area contributed by atoms with Crippen LogP contribution < -0.4 is 10.6 Å². The van der Waals surface area contributed by atoms with E-state index in [-0.39, 0.29) is 17.5 Å². The average Bonchev–Trinajstić information content (AvgIpc) is 2.65. The molecule has 100 valence electrons.